The van der Waals surface area contributed by atoms with Gasteiger partial charge in [-0.25, -0.2) is 0 Å². The predicted molar refractivity (Wildman–Crippen MR) is 84.3 cm³/mol. The number of hydrogen-bond acceptors (Lipinski definition) is 3. The Balaban J connectivity index is 1.91. The third-order valence-corrected chi connectivity index (χ3v) is 4.21. The second kappa shape index (κ2) is 7.94. The molecule has 1 aliphatic carbocycles. The van der Waals surface area contributed by atoms with Crippen molar-refractivity contribution in [1.29, 1.82) is 0 Å². The maximum atomic E-state index is 12.3. The Kier molecular flexibility index (Phi) is 5.95. The molecular formula is C17H24N2O3. The lowest BCUT2D eigenvalue weighted by Crippen LogP contribution is -2.51. The molecule has 0 saturated heterocycles. The van der Waals surface area contributed by atoms with Crippen LogP contribution in [-0.2, 0) is 9.59 Å². The Labute approximate surface area is 131 Å². The van der Waals surface area contributed by atoms with Crippen LogP contribution in [-0.4, -0.2) is 35.6 Å². The van der Waals surface area contributed by atoms with E-state index in [-0.39, 0.29) is 23.8 Å². The highest BCUT2D eigenvalue weighted by molar-refractivity contribution is 5.90. The van der Waals surface area contributed by atoms with Gasteiger partial charge in [-0.15, -0.1) is 0 Å². The number of rotatable bonds is 6. The fraction of sp³-hybridized carbons (Fsp3) is 0.529. The van der Waals surface area contributed by atoms with Gasteiger partial charge >= 0.3 is 0 Å². The molecule has 0 heterocycles. The standard InChI is InChI=1S/C17H24N2O3/c1-12(13-7-3-2-4-8-13)16(21)19-15(11-20)17(22)18-14-9-5-6-10-14/h2-4,7-8,12,14-15,20H,5-6,9-11H2,1H3,(H,18,22)(H,19,21)/t12?,15-/m0/s1. The number of nitrogens with one attached hydrogen (secondary N) is 2. The van der Waals surface area contributed by atoms with Crippen LogP contribution in [0, 0.1) is 0 Å². The summed E-state index contributed by atoms with van der Waals surface area (Å²) in [5, 5.41) is 14.9. The Bertz CT molecular complexity index is 498. The van der Waals surface area contributed by atoms with Crippen LogP contribution in [0.1, 0.15) is 44.1 Å². The molecule has 3 N–H and O–H groups in total. The first-order valence-corrected chi connectivity index (χ1v) is 7.88. The number of hydrogen-bond donors (Lipinski definition) is 3. The monoisotopic (exact) mass is 304 g/mol. The largest absolute Gasteiger partial charge is 0.394 e. The van der Waals surface area contributed by atoms with E-state index in [9.17, 15) is 14.7 Å². The molecule has 1 fully saturated rings. The number of benzene rings is 1. The Morgan fingerprint density at radius 3 is 2.41 bits per heavy atom. The minimum atomic E-state index is -0.890. The van der Waals surface area contributed by atoms with Gasteiger partial charge in [0.05, 0.1) is 12.5 Å². The average molecular weight is 304 g/mol. The Hall–Kier alpha value is -1.88. The molecule has 22 heavy (non-hydrogen) atoms. The molecule has 2 atom stereocenters. The van der Waals surface area contributed by atoms with E-state index in [2.05, 4.69) is 10.6 Å². The molecule has 1 aromatic carbocycles. The fourth-order valence-corrected chi connectivity index (χ4v) is 2.76. The molecule has 1 unspecified atom stereocenters. The number of carbonyl (C=O) groups excluding carboxylic acids is 2. The Morgan fingerprint density at radius 2 is 1.82 bits per heavy atom. The van der Waals surface area contributed by atoms with Gasteiger partial charge in [0, 0.05) is 6.04 Å². The molecule has 1 saturated carbocycles. The summed E-state index contributed by atoms with van der Waals surface area (Å²) in [7, 11) is 0. The zero-order valence-electron chi connectivity index (χ0n) is 12.9. The van der Waals surface area contributed by atoms with E-state index in [0.29, 0.717) is 0 Å². The van der Waals surface area contributed by atoms with Crippen LogP contribution < -0.4 is 10.6 Å². The van der Waals surface area contributed by atoms with Gasteiger partial charge in [-0.1, -0.05) is 43.2 Å². The molecule has 1 aliphatic rings. The highest BCUT2D eigenvalue weighted by atomic mass is 16.3. The van der Waals surface area contributed by atoms with Gasteiger partial charge in [0.25, 0.3) is 0 Å². The minimum Gasteiger partial charge on any atom is -0.394 e. The average Bonchev–Trinajstić information content (AvgIpc) is 3.05. The molecule has 1 aromatic rings. The van der Waals surface area contributed by atoms with Crippen molar-refractivity contribution >= 4 is 11.8 Å². The third-order valence-electron chi connectivity index (χ3n) is 4.21. The number of aliphatic hydroxyl groups is 1. The van der Waals surface area contributed by atoms with E-state index >= 15 is 0 Å². The van der Waals surface area contributed by atoms with Gasteiger partial charge in [0.1, 0.15) is 6.04 Å². The zero-order valence-corrected chi connectivity index (χ0v) is 12.9. The topological polar surface area (TPSA) is 78.4 Å². The fourth-order valence-electron chi connectivity index (χ4n) is 2.76. The maximum Gasteiger partial charge on any atom is 0.245 e. The lowest BCUT2D eigenvalue weighted by atomic mass is 10.00. The van der Waals surface area contributed by atoms with Crippen molar-refractivity contribution in [3.63, 3.8) is 0 Å². The van der Waals surface area contributed by atoms with Crippen LogP contribution in [0.3, 0.4) is 0 Å². The van der Waals surface area contributed by atoms with Crippen molar-refractivity contribution in [1.82, 2.24) is 10.6 Å². The third kappa shape index (κ3) is 4.31. The summed E-state index contributed by atoms with van der Waals surface area (Å²) >= 11 is 0. The van der Waals surface area contributed by atoms with Crippen molar-refractivity contribution in [2.24, 2.45) is 0 Å². The molecule has 2 rings (SSSR count). The van der Waals surface area contributed by atoms with E-state index < -0.39 is 12.6 Å². The molecule has 0 bridgehead atoms. The summed E-state index contributed by atoms with van der Waals surface area (Å²) in [4.78, 5) is 24.4. The lowest BCUT2D eigenvalue weighted by Gasteiger charge is -2.21. The predicted octanol–water partition coefficient (Wildman–Crippen LogP) is 1.33. The first-order valence-electron chi connectivity index (χ1n) is 7.88. The molecule has 2 amide bonds. The van der Waals surface area contributed by atoms with Gasteiger partial charge in [0.2, 0.25) is 11.8 Å². The summed E-state index contributed by atoms with van der Waals surface area (Å²) in [5.41, 5.74) is 0.882. The molecule has 120 valence electrons. The van der Waals surface area contributed by atoms with Gasteiger partial charge in [-0.05, 0) is 25.3 Å². The van der Waals surface area contributed by atoms with Crippen molar-refractivity contribution in [3.8, 4) is 0 Å². The van der Waals surface area contributed by atoms with Crippen LogP contribution in [0.5, 0.6) is 0 Å². The number of amides is 2. The molecule has 0 spiro atoms. The quantitative estimate of drug-likeness (QED) is 0.742. The van der Waals surface area contributed by atoms with Gasteiger partial charge in [-0.2, -0.15) is 0 Å². The molecule has 0 aromatic heterocycles. The lowest BCUT2D eigenvalue weighted by molar-refractivity contribution is -0.130. The molecule has 5 heteroatoms. The van der Waals surface area contributed by atoms with E-state index in [1.807, 2.05) is 30.3 Å². The molecule has 0 radical (unpaired) electrons. The first kappa shape index (κ1) is 16.5. The SMILES string of the molecule is CC(C(=O)N[C@@H](CO)C(=O)NC1CCCC1)c1ccccc1. The molecule has 0 aliphatic heterocycles. The normalized spacial score (nSPS) is 17.7. The zero-order chi connectivity index (χ0) is 15.9. The van der Waals surface area contributed by atoms with Crippen molar-refractivity contribution in [2.45, 2.75) is 50.6 Å². The van der Waals surface area contributed by atoms with E-state index in [1.165, 1.54) is 0 Å². The van der Waals surface area contributed by atoms with Crippen molar-refractivity contribution in [2.75, 3.05) is 6.61 Å². The van der Waals surface area contributed by atoms with Crippen LogP contribution in [0.2, 0.25) is 0 Å². The van der Waals surface area contributed by atoms with Crippen LogP contribution >= 0.6 is 0 Å². The van der Waals surface area contributed by atoms with Crippen LogP contribution in [0.15, 0.2) is 30.3 Å². The summed E-state index contributed by atoms with van der Waals surface area (Å²) < 4.78 is 0. The minimum absolute atomic E-state index is 0.171. The smallest absolute Gasteiger partial charge is 0.245 e. The van der Waals surface area contributed by atoms with Crippen molar-refractivity contribution < 1.29 is 14.7 Å². The second-order valence-electron chi connectivity index (χ2n) is 5.87. The van der Waals surface area contributed by atoms with Gasteiger partial charge in [0.15, 0.2) is 0 Å². The van der Waals surface area contributed by atoms with Gasteiger partial charge < -0.3 is 15.7 Å². The van der Waals surface area contributed by atoms with E-state index in [4.69, 9.17) is 0 Å². The summed E-state index contributed by atoms with van der Waals surface area (Å²) in [6.45, 7) is 1.39. The number of carbonyl (C=O) groups is 2. The summed E-state index contributed by atoms with van der Waals surface area (Å²) in [5.74, 6) is -0.927. The van der Waals surface area contributed by atoms with Crippen molar-refractivity contribution in [3.05, 3.63) is 35.9 Å². The highest BCUT2D eigenvalue weighted by Gasteiger charge is 2.26. The first-order chi connectivity index (χ1) is 10.6. The summed E-state index contributed by atoms with van der Waals surface area (Å²) in [6, 6.07) is 8.65. The second-order valence-corrected chi connectivity index (χ2v) is 5.87. The van der Waals surface area contributed by atoms with E-state index in [0.717, 1.165) is 31.2 Å². The van der Waals surface area contributed by atoms with Crippen LogP contribution in [0.4, 0.5) is 0 Å². The Morgan fingerprint density at radius 1 is 1.18 bits per heavy atom. The van der Waals surface area contributed by atoms with E-state index in [1.54, 1.807) is 6.92 Å². The highest BCUT2D eigenvalue weighted by Crippen LogP contribution is 2.18. The number of aliphatic hydroxyl groups excluding tert-OH is 1. The van der Waals surface area contributed by atoms with Crippen LogP contribution in [0.25, 0.3) is 0 Å². The van der Waals surface area contributed by atoms with Gasteiger partial charge in [-0.3, -0.25) is 9.59 Å². The maximum absolute atomic E-state index is 12.3. The molecular weight excluding hydrogens is 280 g/mol. The summed E-state index contributed by atoms with van der Waals surface area (Å²) in [6.07, 6.45) is 4.18. The molecule has 5 nitrogen and oxygen atoms in total.